The Labute approximate surface area is 157 Å². The van der Waals surface area contributed by atoms with Gasteiger partial charge in [0.25, 0.3) is 0 Å². The summed E-state index contributed by atoms with van der Waals surface area (Å²) in [5.41, 5.74) is 6.39. The minimum Gasteiger partial charge on any atom is -0.496 e. The van der Waals surface area contributed by atoms with E-state index in [1.54, 1.807) is 7.11 Å². The third-order valence-electron chi connectivity index (χ3n) is 4.37. The minimum absolute atomic E-state index is 0.291. The molecule has 0 aliphatic heterocycles. The molecule has 26 heavy (non-hydrogen) atoms. The first-order chi connectivity index (χ1) is 12.3. The van der Waals surface area contributed by atoms with E-state index in [2.05, 4.69) is 32.9 Å². The van der Waals surface area contributed by atoms with Gasteiger partial charge in [-0.15, -0.1) is 0 Å². The zero-order chi connectivity index (χ0) is 19.5. The molecule has 0 saturated carbocycles. The Hall–Kier alpha value is -1.61. The van der Waals surface area contributed by atoms with Crippen LogP contribution < -0.4 is 10.0 Å². The first-order valence-corrected chi connectivity index (χ1v) is 10.5. The van der Waals surface area contributed by atoms with E-state index >= 15 is 0 Å². The lowest BCUT2D eigenvalue weighted by Crippen LogP contribution is -2.18. The zero-order valence-corrected chi connectivity index (χ0v) is 17.7. The Morgan fingerprint density at radius 1 is 0.846 bits per heavy atom. The molecule has 2 aromatic carbocycles. The van der Waals surface area contributed by atoms with Crippen LogP contribution in [-0.2, 0) is 13.6 Å². The largest absolute Gasteiger partial charge is 0.496 e. The summed E-state index contributed by atoms with van der Waals surface area (Å²) in [6.45, 7) is 12.5. The number of methoxy groups -OCH3 is 1. The Morgan fingerprint density at radius 2 is 1.38 bits per heavy atom. The van der Waals surface area contributed by atoms with E-state index in [0.29, 0.717) is 24.3 Å². The topological polar surface area (TPSA) is 44.8 Å². The summed E-state index contributed by atoms with van der Waals surface area (Å²) in [4.78, 5) is 0. The fourth-order valence-corrected chi connectivity index (χ4v) is 5.52. The van der Waals surface area contributed by atoms with Crippen LogP contribution in [0.5, 0.6) is 5.75 Å². The van der Waals surface area contributed by atoms with Crippen LogP contribution in [0.15, 0.2) is 24.3 Å². The molecule has 0 aliphatic rings. The van der Waals surface area contributed by atoms with Gasteiger partial charge in [-0.3, -0.25) is 4.57 Å². The second-order valence-corrected chi connectivity index (χ2v) is 8.37. The molecular formula is C21H29O4P. The third kappa shape index (κ3) is 3.88. The summed E-state index contributed by atoms with van der Waals surface area (Å²) in [6.07, 6.45) is 0. The predicted molar refractivity (Wildman–Crippen MR) is 108 cm³/mol. The van der Waals surface area contributed by atoms with E-state index in [0.717, 1.165) is 27.8 Å². The van der Waals surface area contributed by atoms with Crippen molar-refractivity contribution in [2.75, 3.05) is 20.3 Å². The van der Waals surface area contributed by atoms with E-state index in [9.17, 15) is 4.57 Å². The maximum atomic E-state index is 13.7. The fraction of sp³-hybridized carbons (Fsp3) is 0.429. The zero-order valence-electron chi connectivity index (χ0n) is 16.8. The van der Waals surface area contributed by atoms with Crippen LogP contribution in [0.1, 0.15) is 36.1 Å². The molecule has 0 bridgehead atoms. The number of aryl methyl sites for hydroxylation is 4. The molecule has 5 heteroatoms. The van der Waals surface area contributed by atoms with Crippen LogP contribution in [0.2, 0.25) is 0 Å². The standard InChI is InChI=1S/C21H29O4P/c1-8-24-26(22,25-9-2)21-18(23-7)11-10-15(4)20(21)19-16(5)12-14(3)13-17(19)6/h10-13H,8-9H2,1-7H3. The Kier molecular flexibility index (Phi) is 6.68. The molecule has 0 atom stereocenters. The molecule has 2 aromatic rings. The molecule has 0 fully saturated rings. The van der Waals surface area contributed by atoms with Crippen molar-refractivity contribution in [3.05, 3.63) is 46.5 Å². The van der Waals surface area contributed by atoms with Crippen molar-refractivity contribution in [1.29, 1.82) is 0 Å². The number of hydrogen-bond acceptors (Lipinski definition) is 4. The SMILES string of the molecule is CCOP(=O)(OCC)c1c(OC)ccc(C)c1-c1c(C)cc(C)cc1C. The van der Waals surface area contributed by atoms with E-state index in [4.69, 9.17) is 13.8 Å². The molecule has 0 saturated heterocycles. The summed E-state index contributed by atoms with van der Waals surface area (Å²) in [5, 5.41) is 0.513. The van der Waals surface area contributed by atoms with E-state index in [-0.39, 0.29) is 0 Å². The van der Waals surface area contributed by atoms with Gasteiger partial charge < -0.3 is 13.8 Å². The summed E-state index contributed by atoms with van der Waals surface area (Å²) in [5.74, 6) is 0.523. The van der Waals surface area contributed by atoms with Crippen molar-refractivity contribution in [2.45, 2.75) is 41.5 Å². The summed E-state index contributed by atoms with van der Waals surface area (Å²) in [7, 11) is -1.95. The highest BCUT2D eigenvalue weighted by atomic mass is 31.2. The lowest BCUT2D eigenvalue weighted by atomic mass is 9.91. The molecule has 4 nitrogen and oxygen atoms in total. The Balaban J connectivity index is 2.93. The highest BCUT2D eigenvalue weighted by Gasteiger charge is 2.35. The third-order valence-corrected chi connectivity index (χ3v) is 6.56. The molecule has 0 aliphatic carbocycles. The molecule has 0 spiro atoms. The maximum Gasteiger partial charge on any atom is 0.365 e. The van der Waals surface area contributed by atoms with Gasteiger partial charge >= 0.3 is 7.60 Å². The van der Waals surface area contributed by atoms with Gasteiger partial charge in [-0.05, 0) is 69.9 Å². The summed E-state index contributed by atoms with van der Waals surface area (Å²) >= 11 is 0. The number of hydrogen-bond donors (Lipinski definition) is 0. The van der Waals surface area contributed by atoms with Crippen molar-refractivity contribution < 1.29 is 18.3 Å². The molecular weight excluding hydrogens is 347 g/mol. The van der Waals surface area contributed by atoms with Crippen molar-refractivity contribution in [1.82, 2.24) is 0 Å². The lowest BCUT2D eigenvalue weighted by Gasteiger charge is -2.25. The molecule has 0 amide bonds. The van der Waals surface area contributed by atoms with Crippen molar-refractivity contribution in [3.8, 4) is 16.9 Å². The first-order valence-electron chi connectivity index (χ1n) is 8.94. The molecule has 2 rings (SSSR count). The van der Waals surface area contributed by atoms with Gasteiger partial charge in [-0.1, -0.05) is 23.8 Å². The quantitative estimate of drug-likeness (QED) is 0.600. The van der Waals surface area contributed by atoms with Crippen LogP contribution in [0, 0.1) is 27.7 Å². The van der Waals surface area contributed by atoms with Gasteiger partial charge in [-0.25, -0.2) is 0 Å². The highest BCUT2D eigenvalue weighted by molar-refractivity contribution is 7.62. The second-order valence-electron chi connectivity index (χ2n) is 6.42. The van der Waals surface area contributed by atoms with Gasteiger partial charge in [-0.2, -0.15) is 0 Å². The number of ether oxygens (including phenoxy) is 1. The highest BCUT2D eigenvalue weighted by Crippen LogP contribution is 2.53. The van der Waals surface area contributed by atoms with Crippen LogP contribution in [0.25, 0.3) is 11.1 Å². The lowest BCUT2D eigenvalue weighted by molar-refractivity contribution is 0.229. The second kappa shape index (κ2) is 8.39. The van der Waals surface area contributed by atoms with Crippen LogP contribution in [0.4, 0.5) is 0 Å². The van der Waals surface area contributed by atoms with Crippen molar-refractivity contribution in [2.24, 2.45) is 0 Å². The molecule has 0 unspecified atom stereocenters. The molecule has 0 radical (unpaired) electrons. The average molecular weight is 376 g/mol. The van der Waals surface area contributed by atoms with Crippen LogP contribution in [0.3, 0.4) is 0 Å². The first kappa shape index (κ1) is 20.7. The van der Waals surface area contributed by atoms with Gasteiger partial charge in [0.2, 0.25) is 0 Å². The summed E-state index contributed by atoms with van der Waals surface area (Å²) < 4.78 is 30.6. The van der Waals surface area contributed by atoms with Crippen molar-refractivity contribution in [3.63, 3.8) is 0 Å². The van der Waals surface area contributed by atoms with Gasteiger partial charge in [0.15, 0.2) is 0 Å². The van der Waals surface area contributed by atoms with Crippen molar-refractivity contribution >= 4 is 12.9 Å². The minimum atomic E-state index is -3.53. The number of benzene rings is 2. The van der Waals surface area contributed by atoms with E-state index in [1.807, 2.05) is 32.9 Å². The Bertz CT molecular complexity index is 809. The smallest absolute Gasteiger partial charge is 0.365 e. The maximum absolute atomic E-state index is 13.7. The normalized spacial score (nSPS) is 11.7. The summed E-state index contributed by atoms with van der Waals surface area (Å²) in [6, 6.07) is 8.09. The van der Waals surface area contributed by atoms with Gasteiger partial charge in [0.1, 0.15) is 11.1 Å². The predicted octanol–water partition coefficient (Wildman–Crippen LogP) is 5.49. The molecule has 0 aromatic heterocycles. The fourth-order valence-electron chi connectivity index (χ4n) is 3.51. The van der Waals surface area contributed by atoms with E-state index < -0.39 is 7.60 Å². The van der Waals surface area contributed by atoms with Gasteiger partial charge in [0.05, 0.1) is 20.3 Å². The van der Waals surface area contributed by atoms with E-state index in [1.165, 1.54) is 5.56 Å². The molecule has 0 N–H and O–H groups in total. The van der Waals surface area contributed by atoms with Gasteiger partial charge in [0, 0.05) is 5.56 Å². The molecule has 0 heterocycles. The van der Waals surface area contributed by atoms with Crippen LogP contribution >= 0.6 is 7.60 Å². The average Bonchev–Trinajstić information content (AvgIpc) is 2.55. The van der Waals surface area contributed by atoms with Crippen LogP contribution in [-0.4, -0.2) is 20.3 Å². The number of rotatable bonds is 7. The Morgan fingerprint density at radius 3 is 1.85 bits per heavy atom. The monoisotopic (exact) mass is 376 g/mol. The molecule has 142 valence electrons.